The molecule has 1 unspecified atom stereocenters. The first-order chi connectivity index (χ1) is 8.60. The highest BCUT2D eigenvalue weighted by atomic mass is 35.5. The van der Waals surface area contributed by atoms with Gasteiger partial charge < -0.3 is 10.3 Å². The molecule has 0 aliphatic carbocycles. The predicted octanol–water partition coefficient (Wildman–Crippen LogP) is 3.74. The summed E-state index contributed by atoms with van der Waals surface area (Å²) in [5.41, 5.74) is 7.81. The molecule has 2 nitrogen and oxygen atoms in total. The molecule has 1 aromatic heterocycles. The van der Waals surface area contributed by atoms with E-state index in [0.717, 1.165) is 17.5 Å². The molecule has 4 heteroatoms. The molecule has 0 amide bonds. The maximum Gasteiger partial charge on any atom is 0.123 e. The molecule has 0 fully saturated rings. The van der Waals surface area contributed by atoms with Gasteiger partial charge >= 0.3 is 0 Å². The lowest BCUT2D eigenvalue weighted by Crippen LogP contribution is -2.07. The number of halogens is 2. The molecule has 2 rings (SSSR count). The number of rotatable bonds is 4. The number of hydrogen-bond donors (Lipinski definition) is 1. The summed E-state index contributed by atoms with van der Waals surface area (Å²) in [4.78, 5) is 0. The van der Waals surface area contributed by atoms with Crippen molar-refractivity contribution in [2.75, 3.05) is 0 Å². The van der Waals surface area contributed by atoms with E-state index in [1.165, 1.54) is 12.1 Å². The van der Waals surface area contributed by atoms with Crippen molar-refractivity contribution in [1.82, 2.24) is 4.57 Å². The van der Waals surface area contributed by atoms with Crippen molar-refractivity contribution in [2.45, 2.75) is 25.9 Å². The summed E-state index contributed by atoms with van der Waals surface area (Å²) in [6.45, 7) is 2.60. The minimum atomic E-state index is -0.271. The van der Waals surface area contributed by atoms with E-state index in [1.54, 1.807) is 6.07 Å². The van der Waals surface area contributed by atoms with Crippen LogP contribution >= 0.6 is 11.6 Å². The molecule has 2 N–H and O–H groups in total. The van der Waals surface area contributed by atoms with Crippen LogP contribution in [0, 0.1) is 5.82 Å². The fourth-order valence-electron chi connectivity index (χ4n) is 1.87. The maximum atomic E-state index is 13.2. The summed E-state index contributed by atoms with van der Waals surface area (Å²) in [6, 6.07) is 6.44. The molecule has 18 heavy (non-hydrogen) atoms. The van der Waals surface area contributed by atoms with Crippen LogP contribution in [0.15, 0.2) is 36.7 Å². The van der Waals surface area contributed by atoms with E-state index in [1.807, 2.05) is 30.0 Å². The van der Waals surface area contributed by atoms with Crippen molar-refractivity contribution in [3.8, 4) is 0 Å². The van der Waals surface area contributed by atoms with Crippen LogP contribution in [0.5, 0.6) is 0 Å². The number of nitrogens with zero attached hydrogens (tertiary/aromatic N) is 1. The first kappa shape index (κ1) is 13.1. The third-order valence-corrected chi connectivity index (χ3v) is 3.37. The van der Waals surface area contributed by atoms with Gasteiger partial charge in [-0.05, 0) is 41.8 Å². The second-order valence-electron chi connectivity index (χ2n) is 4.37. The molecule has 0 saturated carbocycles. The topological polar surface area (TPSA) is 30.9 Å². The van der Waals surface area contributed by atoms with Gasteiger partial charge in [0.05, 0.1) is 0 Å². The Morgan fingerprint density at radius 2 is 2.17 bits per heavy atom. The van der Waals surface area contributed by atoms with Gasteiger partial charge in [0.1, 0.15) is 5.82 Å². The highest BCUT2D eigenvalue weighted by molar-refractivity contribution is 6.31. The SMILES string of the molecule is CCC(N)c1ccn(Cc2cc(F)ccc2Cl)c1. The van der Waals surface area contributed by atoms with E-state index < -0.39 is 0 Å². The molecular weight excluding hydrogens is 251 g/mol. The van der Waals surface area contributed by atoms with Crippen LogP contribution in [0.25, 0.3) is 0 Å². The summed E-state index contributed by atoms with van der Waals surface area (Å²) in [5.74, 6) is -0.271. The molecule has 0 bridgehead atoms. The molecule has 2 aromatic rings. The van der Waals surface area contributed by atoms with E-state index in [-0.39, 0.29) is 11.9 Å². The smallest absolute Gasteiger partial charge is 0.123 e. The highest BCUT2D eigenvalue weighted by Gasteiger charge is 2.07. The predicted molar refractivity (Wildman–Crippen MR) is 72.2 cm³/mol. The van der Waals surface area contributed by atoms with E-state index in [9.17, 15) is 4.39 Å². The number of aromatic nitrogens is 1. The van der Waals surface area contributed by atoms with Crippen LogP contribution in [0.3, 0.4) is 0 Å². The van der Waals surface area contributed by atoms with E-state index >= 15 is 0 Å². The lowest BCUT2D eigenvalue weighted by Gasteiger charge is -2.07. The van der Waals surface area contributed by atoms with Gasteiger partial charge in [-0.25, -0.2) is 4.39 Å². The Hall–Kier alpha value is -1.32. The van der Waals surface area contributed by atoms with Crippen LogP contribution in [0.4, 0.5) is 4.39 Å². The van der Waals surface area contributed by atoms with Crippen LogP contribution in [0.1, 0.15) is 30.5 Å². The van der Waals surface area contributed by atoms with Gasteiger partial charge in [0.2, 0.25) is 0 Å². The fraction of sp³-hybridized carbons (Fsp3) is 0.286. The Labute approximate surface area is 111 Å². The minimum Gasteiger partial charge on any atom is -0.350 e. The molecular formula is C14H16ClFN2. The Kier molecular flexibility index (Phi) is 4.04. The fourth-order valence-corrected chi connectivity index (χ4v) is 2.05. The van der Waals surface area contributed by atoms with Gasteiger partial charge in [0.15, 0.2) is 0 Å². The summed E-state index contributed by atoms with van der Waals surface area (Å²) in [6.07, 6.45) is 4.81. The quantitative estimate of drug-likeness (QED) is 0.898. The van der Waals surface area contributed by atoms with Gasteiger partial charge in [-0.15, -0.1) is 0 Å². The highest BCUT2D eigenvalue weighted by Crippen LogP contribution is 2.20. The second kappa shape index (κ2) is 5.55. The summed E-state index contributed by atoms with van der Waals surface area (Å²) in [5, 5.41) is 0.575. The number of benzene rings is 1. The maximum absolute atomic E-state index is 13.2. The zero-order valence-electron chi connectivity index (χ0n) is 10.2. The number of nitrogens with two attached hydrogens (primary N) is 1. The molecule has 1 atom stereocenters. The average Bonchev–Trinajstić information content (AvgIpc) is 2.81. The molecule has 1 heterocycles. The lowest BCUT2D eigenvalue weighted by molar-refractivity contribution is 0.623. The molecule has 0 spiro atoms. The van der Waals surface area contributed by atoms with Crippen molar-refractivity contribution in [3.05, 3.63) is 58.6 Å². The molecule has 96 valence electrons. The standard InChI is InChI=1S/C14H16ClFN2/c1-2-14(17)10-5-6-18(8-10)9-11-7-12(16)3-4-13(11)15/h3-8,14H,2,9,17H2,1H3. The second-order valence-corrected chi connectivity index (χ2v) is 4.77. The third-order valence-electron chi connectivity index (χ3n) is 3.00. The Morgan fingerprint density at radius 3 is 2.89 bits per heavy atom. The molecule has 1 aromatic carbocycles. The summed E-state index contributed by atoms with van der Waals surface area (Å²) < 4.78 is 15.1. The van der Waals surface area contributed by atoms with Gasteiger partial charge in [-0.2, -0.15) is 0 Å². The van der Waals surface area contributed by atoms with Crippen molar-refractivity contribution >= 4 is 11.6 Å². The van der Waals surface area contributed by atoms with Crippen molar-refractivity contribution < 1.29 is 4.39 Å². The van der Waals surface area contributed by atoms with E-state index in [0.29, 0.717) is 11.6 Å². The van der Waals surface area contributed by atoms with E-state index in [4.69, 9.17) is 17.3 Å². The van der Waals surface area contributed by atoms with Gasteiger partial charge in [-0.1, -0.05) is 18.5 Å². The van der Waals surface area contributed by atoms with Crippen LogP contribution < -0.4 is 5.73 Å². The van der Waals surface area contributed by atoms with Crippen molar-refractivity contribution in [3.63, 3.8) is 0 Å². The number of hydrogen-bond acceptors (Lipinski definition) is 1. The van der Waals surface area contributed by atoms with Crippen LogP contribution in [0.2, 0.25) is 5.02 Å². The van der Waals surface area contributed by atoms with Gasteiger partial charge in [0.25, 0.3) is 0 Å². The Morgan fingerprint density at radius 1 is 1.39 bits per heavy atom. The minimum absolute atomic E-state index is 0.0502. The monoisotopic (exact) mass is 266 g/mol. The lowest BCUT2D eigenvalue weighted by atomic mass is 10.1. The molecule has 0 saturated heterocycles. The normalized spacial score (nSPS) is 12.7. The van der Waals surface area contributed by atoms with E-state index in [2.05, 4.69) is 0 Å². The Bertz CT molecular complexity index is 536. The largest absolute Gasteiger partial charge is 0.350 e. The first-order valence-electron chi connectivity index (χ1n) is 5.95. The molecule has 0 radical (unpaired) electrons. The van der Waals surface area contributed by atoms with Gasteiger partial charge in [-0.3, -0.25) is 0 Å². The first-order valence-corrected chi connectivity index (χ1v) is 6.33. The summed E-state index contributed by atoms with van der Waals surface area (Å²) >= 11 is 6.04. The summed E-state index contributed by atoms with van der Waals surface area (Å²) in [7, 11) is 0. The van der Waals surface area contributed by atoms with Crippen molar-refractivity contribution in [2.24, 2.45) is 5.73 Å². The van der Waals surface area contributed by atoms with Crippen LogP contribution in [-0.2, 0) is 6.54 Å². The van der Waals surface area contributed by atoms with Crippen LogP contribution in [-0.4, -0.2) is 4.57 Å². The zero-order chi connectivity index (χ0) is 13.1. The molecule has 0 aliphatic heterocycles. The Balaban J connectivity index is 2.18. The zero-order valence-corrected chi connectivity index (χ0v) is 11.0. The van der Waals surface area contributed by atoms with Gasteiger partial charge in [0, 0.05) is 30.0 Å². The average molecular weight is 267 g/mol. The van der Waals surface area contributed by atoms with Crippen molar-refractivity contribution in [1.29, 1.82) is 0 Å². The third kappa shape index (κ3) is 2.92. The molecule has 0 aliphatic rings.